The number of methoxy groups -OCH3 is 1. The molecule has 8 heteroatoms. The number of carbonyl (C=O) groups is 1. The summed E-state index contributed by atoms with van der Waals surface area (Å²) >= 11 is 0. The van der Waals surface area contributed by atoms with Crippen LogP contribution in [0.15, 0.2) is 42.9 Å². The van der Waals surface area contributed by atoms with Gasteiger partial charge in [-0.3, -0.25) is 14.5 Å². The van der Waals surface area contributed by atoms with Gasteiger partial charge in [-0.25, -0.2) is 4.98 Å². The molecule has 0 fully saturated rings. The van der Waals surface area contributed by atoms with Crippen LogP contribution >= 0.6 is 0 Å². The van der Waals surface area contributed by atoms with E-state index in [1.165, 1.54) is 5.56 Å². The number of aromatic nitrogens is 4. The van der Waals surface area contributed by atoms with Crippen LogP contribution in [-0.2, 0) is 24.1 Å². The van der Waals surface area contributed by atoms with Gasteiger partial charge in [-0.1, -0.05) is 6.07 Å². The van der Waals surface area contributed by atoms with Crippen LogP contribution in [0.1, 0.15) is 47.8 Å². The van der Waals surface area contributed by atoms with Crippen molar-refractivity contribution in [3.8, 4) is 5.75 Å². The fraction of sp³-hybridized carbons (Fsp3) is 0.391. The Morgan fingerprint density at radius 3 is 2.97 bits per heavy atom. The van der Waals surface area contributed by atoms with Gasteiger partial charge in [-0.15, -0.1) is 0 Å². The topological polar surface area (TPSA) is 102 Å². The molecule has 4 heterocycles. The summed E-state index contributed by atoms with van der Waals surface area (Å²) < 4.78 is 6.94. The number of hydrogen-bond acceptors (Lipinski definition) is 6. The maximum atomic E-state index is 11.4. The molecule has 0 spiro atoms. The minimum Gasteiger partial charge on any atom is -0.495 e. The number of rotatable bonds is 9. The molecule has 0 radical (unpaired) electrons. The number of pyridine rings is 2. The summed E-state index contributed by atoms with van der Waals surface area (Å²) in [6.45, 7) is 0.987. The number of anilines is 1. The summed E-state index contributed by atoms with van der Waals surface area (Å²) in [5.41, 5.74) is 4.06. The molecule has 162 valence electrons. The Morgan fingerprint density at radius 1 is 1.26 bits per heavy atom. The van der Waals surface area contributed by atoms with Crippen LogP contribution in [0.25, 0.3) is 0 Å². The molecule has 0 saturated heterocycles. The number of carboxylic acid groups (broad SMARTS) is 1. The van der Waals surface area contributed by atoms with Crippen LogP contribution in [0.5, 0.6) is 5.75 Å². The molecule has 0 bridgehead atoms. The average Bonchev–Trinajstić information content (AvgIpc) is 3.26. The first-order valence-corrected chi connectivity index (χ1v) is 10.6. The summed E-state index contributed by atoms with van der Waals surface area (Å²) in [5.74, 6) is 0.723. The van der Waals surface area contributed by atoms with E-state index in [0.29, 0.717) is 5.75 Å². The Morgan fingerprint density at radius 2 is 2.13 bits per heavy atom. The van der Waals surface area contributed by atoms with E-state index in [0.717, 1.165) is 61.4 Å². The Hall–Kier alpha value is -3.42. The van der Waals surface area contributed by atoms with Gasteiger partial charge in [0.05, 0.1) is 31.5 Å². The van der Waals surface area contributed by atoms with Gasteiger partial charge >= 0.3 is 5.97 Å². The SMILES string of the molecule is COc1cncc(C(CC(=O)O)n2ccc(CCCc3ccc4c(n3)NCCC4)n2)c1. The fourth-order valence-electron chi connectivity index (χ4n) is 3.90. The molecule has 8 nitrogen and oxygen atoms in total. The number of aliphatic carboxylic acids is 1. The minimum absolute atomic E-state index is 0.0813. The first kappa shape index (κ1) is 20.8. The lowest BCUT2D eigenvalue weighted by molar-refractivity contribution is -0.137. The number of fused-ring (bicyclic) bond motifs is 1. The van der Waals surface area contributed by atoms with Crippen LogP contribution in [0.3, 0.4) is 0 Å². The fourth-order valence-corrected chi connectivity index (χ4v) is 3.90. The van der Waals surface area contributed by atoms with Crippen molar-refractivity contribution in [2.24, 2.45) is 0 Å². The molecule has 1 aliphatic rings. The van der Waals surface area contributed by atoms with Crippen molar-refractivity contribution in [3.05, 3.63) is 65.4 Å². The predicted molar refractivity (Wildman–Crippen MR) is 116 cm³/mol. The molecule has 31 heavy (non-hydrogen) atoms. The third-order valence-electron chi connectivity index (χ3n) is 5.52. The monoisotopic (exact) mass is 421 g/mol. The van der Waals surface area contributed by atoms with Gasteiger partial charge in [0, 0.05) is 24.6 Å². The van der Waals surface area contributed by atoms with E-state index in [1.807, 2.05) is 12.3 Å². The van der Waals surface area contributed by atoms with E-state index in [1.54, 1.807) is 30.3 Å². The maximum absolute atomic E-state index is 11.4. The van der Waals surface area contributed by atoms with Crippen molar-refractivity contribution in [3.63, 3.8) is 0 Å². The highest BCUT2D eigenvalue weighted by molar-refractivity contribution is 5.68. The minimum atomic E-state index is -0.892. The van der Waals surface area contributed by atoms with Crippen LogP contribution in [0.4, 0.5) is 5.82 Å². The predicted octanol–water partition coefficient (Wildman–Crippen LogP) is 3.28. The smallest absolute Gasteiger partial charge is 0.305 e. The van der Waals surface area contributed by atoms with Gasteiger partial charge in [0.15, 0.2) is 0 Å². The zero-order valence-corrected chi connectivity index (χ0v) is 17.6. The average molecular weight is 422 g/mol. The maximum Gasteiger partial charge on any atom is 0.305 e. The molecular weight excluding hydrogens is 394 g/mol. The Labute approximate surface area is 181 Å². The zero-order valence-electron chi connectivity index (χ0n) is 17.6. The largest absolute Gasteiger partial charge is 0.495 e. The van der Waals surface area contributed by atoms with Crippen molar-refractivity contribution in [1.29, 1.82) is 0 Å². The first-order chi connectivity index (χ1) is 15.1. The summed E-state index contributed by atoms with van der Waals surface area (Å²) in [5, 5.41) is 17.4. The van der Waals surface area contributed by atoms with Crippen LogP contribution < -0.4 is 10.1 Å². The van der Waals surface area contributed by atoms with Crippen LogP contribution in [-0.4, -0.2) is 44.5 Å². The second-order valence-corrected chi connectivity index (χ2v) is 7.75. The van der Waals surface area contributed by atoms with Gasteiger partial charge < -0.3 is 15.2 Å². The Bertz CT molecular complexity index is 1050. The molecule has 0 aromatic carbocycles. The Kier molecular flexibility index (Phi) is 6.45. The van der Waals surface area contributed by atoms with E-state index in [2.05, 4.69) is 27.5 Å². The molecule has 0 saturated carbocycles. The van der Waals surface area contributed by atoms with Gasteiger partial charge in [0.2, 0.25) is 0 Å². The highest BCUT2D eigenvalue weighted by Gasteiger charge is 2.20. The Balaban J connectivity index is 1.41. The summed E-state index contributed by atoms with van der Waals surface area (Å²) in [7, 11) is 1.56. The molecule has 1 aliphatic heterocycles. The summed E-state index contributed by atoms with van der Waals surface area (Å²) in [4.78, 5) is 20.3. The van der Waals surface area contributed by atoms with Gasteiger partial charge in [0.25, 0.3) is 0 Å². The van der Waals surface area contributed by atoms with Crippen molar-refractivity contribution >= 4 is 11.8 Å². The molecule has 1 atom stereocenters. The number of ether oxygens (including phenoxy) is 1. The second kappa shape index (κ2) is 9.59. The van der Waals surface area contributed by atoms with Crippen molar-refractivity contribution < 1.29 is 14.6 Å². The van der Waals surface area contributed by atoms with E-state index in [-0.39, 0.29) is 6.42 Å². The van der Waals surface area contributed by atoms with E-state index in [4.69, 9.17) is 9.72 Å². The number of nitrogens with zero attached hydrogens (tertiary/aromatic N) is 4. The standard InChI is InChI=1S/C23H27N5O3/c1-31-20-12-17(14-24-15-20)21(13-22(29)30)28-11-9-19(27-28)6-2-5-18-8-7-16-4-3-10-25-23(16)26-18/h7-9,11-12,14-15,21H,2-6,10,13H2,1H3,(H,25,26)(H,29,30). The lowest BCUT2D eigenvalue weighted by Gasteiger charge is -2.17. The van der Waals surface area contributed by atoms with Gasteiger partial charge in [-0.2, -0.15) is 5.10 Å². The third-order valence-corrected chi connectivity index (χ3v) is 5.52. The van der Waals surface area contributed by atoms with Crippen LogP contribution in [0.2, 0.25) is 0 Å². The second-order valence-electron chi connectivity index (χ2n) is 7.75. The molecule has 3 aromatic rings. The normalized spacial score (nSPS) is 13.8. The van der Waals surface area contributed by atoms with E-state index >= 15 is 0 Å². The summed E-state index contributed by atoms with van der Waals surface area (Å²) in [6.07, 6.45) is 9.86. The number of carboxylic acids is 1. The van der Waals surface area contributed by atoms with Crippen molar-refractivity contribution in [2.45, 2.75) is 44.6 Å². The molecule has 0 aliphatic carbocycles. The van der Waals surface area contributed by atoms with Crippen molar-refractivity contribution in [1.82, 2.24) is 19.7 Å². The van der Waals surface area contributed by atoms with Crippen LogP contribution in [0, 0.1) is 0 Å². The highest BCUT2D eigenvalue weighted by Crippen LogP contribution is 2.25. The number of nitrogens with one attached hydrogen (secondary N) is 1. The molecule has 4 rings (SSSR count). The number of aryl methyl sites for hydroxylation is 3. The van der Waals surface area contributed by atoms with Crippen molar-refractivity contribution in [2.75, 3.05) is 19.0 Å². The molecule has 3 aromatic heterocycles. The number of hydrogen-bond donors (Lipinski definition) is 2. The molecular formula is C23H27N5O3. The van der Waals surface area contributed by atoms with E-state index < -0.39 is 12.0 Å². The first-order valence-electron chi connectivity index (χ1n) is 10.6. The lowest BCUT2D eigenvalue weighted by Crippen LogP contribution is -2.16. The molecule has 0 amide bonds. The lowest BCUT2D eigenvalue weighted by atomic mass is 10.1. The summed E-state index contributed by atoms with van der Waals surface area (Å²) in [6, 6.07) is 7.60. The highest BCUT2D eigenvalue weighted by atomic mass is 16.5. The zero-order chi connectivity index (χ0) is 21.6. The van der Waals surface area contributed by atoms with Gasteiger partial charge in [0.1, 0.15) is 11.6 Å². The molecule has 1 unspecified atom stereocenters. The quantitative estimate of drug-likeness (QED) is 0.547. The molecule has 2 N–H and O–H groups in total. The van der Waals surface area contributed by atoms with E-state index in [9.17, 15) is 9.90 Å². The van der Waals surface area contributed by atoms with Gasteiger partial charge in [-0.05, 0) is 61.4 Å². The third kappa shape index (κ3) is 5.20.